The number of carbonyl (C=O) groups excluding carboxylic acids is 1. The van der Waals surface area contributed by atoms with E-state index in [1.165, 1.54) is 5.56 Å². The van der Waals surface area contributed by atoms with E-state index in [1.807, 2.05) is 55.4 Å². The molecule has 0 aliphatic heterocycles. The van der Waals surface area contributed by atoms with Gasteiger partial charge in [-0.2, -0.15) is 0 Å². The summed E-state index contributed by atoms with van der Waals surface area (Å²) in [5, 5.41) is 3.88. The molecular weight excluding hydrogens is 336 g/mol. The van der Waals surface area contributed by atoms with Gasteiger partial charge >= 0.3 is 0 Å². The molecule has 2 aromatic carbocycles. The van der Waals surface area contributed by atoms with Crippen LogP contribution in [0.25, 0.3) is 0 Å². The van der Waals surface area contributed by atoms with Crippen molar-refractivity contribution in [3.05, 3.63) is 64.2 Å². The van der Waals surface area contributed by atoms with Crippen LogP contribution in [0.15, 0.2) is 42.5 Å². The topological polar surface area (TPSA) is 41.6 Å². The van der Waals surface area contributed by atoms with Crippen LogP contribution in [0.5, 0.6) is 5.75 Å². The van der Waals surface area contributed by atoms with Gasteiger partial charge in [0.25, 0.3) is 5.91 Å². The molecule has 0 fully saturated rings. The van der Waals surface area contributed by atoms with E-state index in [0.717, 1.165) is 30.0 Å². The van der Waals surface area contributed by atoms with Crippen molar-refractivity contribution in [1.82, 2.24) is 10.2 Å². The summed E-state index contributed by atoms with van der Waals surface area (Å²) in [6, 6.07) is 13.3. The number of nitrogens with zero attached hydrogens (tertiary/aromatic N) is 1. The third-order valence-electron chi connectivity index (χ3n) is 4.42. The van der Waals surface area contributed by atoms with E-state index in [1.54, 1.807) is 6.07 Å². The number of aryl methyl sites for hydroxylation is 1. The highest BCUT2D eigenvalue weighted by Crippen LogP contribution is 2.33. The van der Waals surface area contributed by atoms with E-state index in [0.29, 0.717) is 17.9 Å². The fraction of sp³-hybridized carbons (Fsp3) is 0.350. The number of ether oxygens (including phenoxy) is 1. The third-order valence-corrected chi connectivity index (χ3v) is 4.65. The number of nitrogens with one attached hydrogen (secondary N) is 1. The number of fused-ring (bicyclic) bond motifs is 1. The summed E-state index contributed by atoms with van der Waals surface area (Å²) in [6.07, 6.45) is 1.83. The van der Waals surface area contributed by atoms with Gasteiger partial charge in [0.2, 0.25) is 0 Å². The van der Waals surface area contributed by atoms with Crippen LogP contribution in [0, 0.1) is 0 Å². The highest BCUT2D eigenvalue weighted by molar-refractivity contribution is 6.30. The minimum Gasteiger partial charge on any atom is -0.491 e. The Bertz CT molecular complexity index is 761. The maximum atomic E-state index is 12.8. The van der Waals surface area contributed by atoms with Crippen LogP contribution in [0.1, 0.15) is 33.9 Å². The number of hydrogen-bond donors (Lipinski definition) is 1. The molecule has 0 unspecified atom stereocenters. The van der Waals surface area contributed by atoms with Crippen LogP contribution < -0.4 is 10.1 Å². The first-order valence-electron chi connectivity index (χ1n) is 8.50. The van der Waals surface area contributed by atoms with Crippen molar-refractivity contribution >= 4 is 17.5 Å². The average molecular weight is 359 g/mol. The van der Waals surface area contributed by atoms with Gasteiger partial charge in [0.05, 0.1) is 11.6 Å². The van der Waals surface area contributed by atoms with E-state index in [-0.39, 0.29) is 11.9 Å². The molecule has 1 aliphatic rings. The van der Waals surface area contributed by atoms with Crippen LogP contribution in [0.4, 0.5) is 0 Å². The van der Waals surface area contributed by atoms with Crippen LogP contribution in [0.3, 0.4) is 0 Å². The SMILES string of the molecule is CN(C)CCOc1ccccc1C(=O)N[C@H]1CCc2cc(Cl)ccc21. The number of carbonyl (C=O) groups is 1. The Balaban J connectivity index is 1.70. The normalized spacial score (nSPS) is 15.9. The second-order valence-corrected chi connectivity index (χ2v) is 6.99. The van der Waals surface area contributed by atoms with E-state index in [9.17, 15) is 4.79 Å². The van der Waals surface area contributed by atoms with Gasteiger partial charge < -0.3 is 15.0 Å². The molecule has 0 saturated heterocycles. The molecule has 132 valence electrons. The van der Waals surface area contributed by atoms with E-state index < -0.39 is 0 Å². The number of benzene rings is 2. The molecule has 5 heteroatoms. The molecule has 1 aliphatic carbocycles. The fourth-order valence-electron chi connectivity index (χ4n) is 3.09. The minimum absolute atomic E-state index is 0.0228. The lowest BCUT2D eigenvalue weighted by Crippen LogP contribution is -2.28. The standard InChI is InChI=1S/C20H23ClN2O2/c1-23(2)11-12-25-19-6-4-3-5-17(19)20(24)22-18-10-7-14-13-15(21)8-9-16(14)18/h3-6,8-9,13,18H,7,10-12H2,1-2H3,(H,22,24)/t18-/m0/s1. The number of para-hydroxylation sites is 1. The van der Waals surface area contributed by atoms with E-state index in [2.05, 4.69) is 5.32 Å². The van der Waals surface area contributed by atoms with Crippen LogP contribution in [0.2, 0.25) is 5.02 Å². The summed E-state index contributed by atoms with van der Waals surface area (Å²) in [6.45, 7) is 1.34. The van der Waals surface area contributed by atoms with Crippen molar-refractivity contribution in [1.29, 1.82) is 0 Å². The summed E-state index contributed by atoms with van der Waals surface area (Å²) in [4.78, 5) is 14.8. The third kappa shape index (κ3) is 4.33. The highest BCUT2D eigenvalue weighted by atomic mass is 35.5. The van der Waals surface area contributed by atoms with Gasteiger partial charge in [-0.25, -0.2) is 0 Å². The molecule has 0 heterocycles. The molecule has 3 rings (SSSR count). The molecule has 25 heavy (non-hydrogen) atoms. The first-order chi connectivity index (χ1) is 12.0. The molecule has 0 saturated carbocycles. The molecule has 1 N–H and O–H groups in total. The Morgan fingerprint density at radius 1 is 1.28 bits per heavy atom. The van der Waals surface area contributed by atoms with Crippen molar-refractivity contribution in [3.63, 3.8) is 0 Å². The Hall–Kier alpha value is -2.04. The minimum atomic E-state index is -0.103. The summed E-state index contributed by atoms with van der Waals surface area (Å²) in [7, 11) is 3.98. The molecule has 1 amide bonds. The van der Waals surface area contributed by atoms with Gasteiger partial charge in [-0.15, -0.1) is 0 Å². The summed E-state index contributed by atoms with van der Waals surface area (Å²) in [5.41, 5.74) is 2.95. The zero-order chi connectivity index (χ0) is 17.8. The predicted octanol–water partition coefficient (Wildman–Crippen LogP) is 3.70. The first kappa shape index (κ1) is 17.8. The Kier molecular flexibility index (Phi) is 5.61. The average Bonchev–Trinajstić information content (AvgIpc) is 2.97. The summed E-state index contributed by atoms with van der Waals surface area (Å²) in [5.74, 6) is 0.518. The number of hydrogen-bond acceptors (Lipinski definition) is 3. The second-order valence-electron chi connectivity index (χ2n) is 6.56. The summed E-state index contributed by atoms with van der Waals surface area (Å²) < 4.78 is 5.80. The quantitative estimate of drug-likeness (QED) is 0.856. The zero-order valence-corrected chi connectivity index (χ0v) is 15.3. The van der Waals surface area contributed by atoms with Gasteiger partial charge in [-0.05, 0) is 62.3 Å². The zero-order valence-electron chi connectivity index (χ0n) is 14.6. The van der Waals surface area contributed by atoms with Gasteiger partial charge in [0.1, 0.15) is 12.4 Å². The summed E-state index contributed by atoms with van der Waals surface area (Å²) >= 11 is 6.06. The highest BCUT2D eigenvalue weighted by Gasteiger charge is 2.25. The van der Waals surface area contributed by atoms with Gasteiger partial charge in [-0.1, -0.05) is 29.8 Å². The van der Waals surface area contributed by atoms with Crippen molar-refractivity contribution in [3.8, 4) is 5.75 Å². The molecule has 2 aromatic rings. The van der Waals surface area contributed by atoms with Crippen molar-refractivity contribution in [2.45, 2.75) is 18.9 Å². The molecule has 0 radical (unpaired) electrons. The van der Waals surface area contributed by atoms with Crippen molar-refractivity contribution in [2.75, 3.05) is 27.2 Å². The van der Waals surface area contributed by atoms with Crippen LogP contribution in [-0.2, 0) is 6.42 Å². The lowest BCUT2D eigenvalue weighted by molar-refractivity contribution is 0.0932. The van der Waals surface area contributed by atoms with E-state index in [4.69, 9.17) is 16.3 Å². The maximum Gasteiger partial charge on any atom is 0.255 e. The Morgan fingerprint density at radius 2 is 2.08 bits per heavy atom. The van der Waals surface area contributed by atoms with Crippen molar-refractivity contribution in [2.24, 2.45) is 0 Å². The molecule has 0 aromatic heterocycles. The van der Waals surface area contributed by atoms with Gasteiger partial charge in [0.15, 0.2) is 0 Å². The van der Waals surface area contributed by atoms with Crippen LogP contribution in [-0.4, -0.2) is 38.1 Å². The largest absolute Gasteiger partial charge is 0.491 e. The molecule has 0 bridgehead atoms. The smallest absolute Gasteiger partial charge is 0.255 e. The lowest BCUT2D eigenvalue weighted by Gasteiger charge is -2.17. The second kappa shape index (κ2) is 7.89. The van der Waals surface area contributed by atoms with E-state index >= 15 is 0 Å². The molecular formula is C20H23ClN2O2. The maximum absolute atomic E-state index is 12.8. The molecule has 0 spiro atoms. The number of amides is 1. The lowest BCUT2D eigenvalue weighted by atomic mass is 10.1. The molecule has 1 atom stereocenters. The Morgan fingerprint density at radius 3 is 2.88 bits per heavy atom. The van der Waals surface area contributed by atoms with Gasteiger partial charge in [0, 0.05) is 11.6 Å². The van der Waals surface area contributed by atoms with Gasteiger partial charge in [-0.3, -0.25) is 4.79 Å². The number of likely N-dealkylation sites (N-methyl/N-ethyl adjacent to an activating group) is 1. The van der Waals surface area contributed by atoms with Crippen LogP contribution >= 0.6 is 11.6 Å². The molecule has 4 nitrogen and oxygen atoms in total. The number of halogens is 1. The predicted molar refractivity (Wildman–Crippen MR) is 100 cm³/mol. The monoisotopic (exact) mass is 358 g/mol. The Labute approximate surface area is 153 Å². The fourth-order valence-corrected chi connectivity index (χ4v) is 3.28. The number of rotatable bonds is 6. The van der Waals surface area contributed by atoms with Crippen molar-refractivity contribution < 1.29 is 9.53 Å². The first-order valence-corrected chi connectivity index (χ1v) is 8.88.